The SMILES string of the molecule is CC(C)(C)OC(=O)NC1(c2nc3c(ccc4cc(Br)ccc43)[nH]2)CCCCC1. The number of aromatic nitrogens is 2. The third kappa shape index (κ3) is 3.75. The van der Waals surface area contributed by atoms with Crippen molar-refractivity contribution in [2.45, 2.75) is 64.0 Å². The Labute approximate surface area is 173 Å². The Morgan fingerprint density at radius 1 is 1.18 bits per heavy atom. The van der Waals surface area contributed by atoms with Crippen LogP contribution < -0.4 is 5.32 Å². The lowest BCUT2D eigenvalue weighted by Crippen LogP contribution is -2.49. The van der Waals surface area contributed by atoms with Crippen LogP contribution in [0.25, 0.3) is 21.8 Å². The number of fused-ring (bicyclic) bond motifs is 3. The van der Waals surface area contributed by atoms with Crippen LogP contribution in [0.15, 0.2) is 34.8 Å². The first-order chi connectivity index (χ1) is 13.3. The van der Waals surface area contributed by atoms with Crippen LogP contribution in [0.3, 0.4) is 0 Å². The average Bonchev–Trinajstić information content (AvgIpc) is 3.06. The first kappa shape index (κ1) is 19.2. The zero-order valence-corrected chi connectivity index (χ0v) is 18.1. The number of hydrogen-bond acceptors (Lipinski definition) is 3. The predicted molar refractivity (Wildman–Crippen MR) is 115 cm³/mol. The van der Waals surface area contributed by atoms with Crippen LogP contribution in [0.1, 0.15) is 58.7 Å². The van der Waals surface area contributed by atoms with Crippen LogP contribution in [0, 0.1) is 0 Å². The van der Waals surface area contributed by atoms with Crippen LogP contribution in [0.2, 0.25) is 0 Å². The lowest BCUT2D eigenvalue weighted by Gasteiger charge is -2.36. The zero-order valence-electron chi connectivity index (χ0n) is 16.6. The lowest BCUT2D eigenvalue weighted by atomic mass is 9.81. The van der Waals surface area contributed by atoms with Gasteiger partial charge in [0.05, 0.1) is 11.0 Å². The normalized spacial score (nSPS) is 17.0. The molecule has 1 aliphatic rings. The standard InChI is InChI=1S/C22H26BrN3O2/c1-21(2,3)28-20(27)26-22(11-5-4-6-12-22)19-24-17-10-7-14-13-15(23)8-9-16(14)18(17)25-19/h7-10,13H,4-6,11-12H2,1-3H3,(H,24,25)(H,26,27). The number of rotatable bonds is 2. The predicted octanol–water partition coefficient (Wildman–Crippen LogP) is 6.16. The van der Waals surface area contributed by atoms with Crippen LogP contribution >= 0.6 is 15.9 Å². The van der Waals surface area contributed by atoms with Gasteiger partial charge in [-0.05, 0) is 57.2 Å². The molecule has 0 aliphatic heterocycles. The van der Waals surface area contributed by atoms with E-state index in [0.717, 1.165) is 57.8 Å². The summed E-state index contributed by atoms with van der Waals surface area (Å²) in [5, 5.41) is 5.40. The van der Waals surface area contributed by atoms with Gasteiger partial charge in [0.25, 0.3) is 0 Å². The highest BCUT2D eigenvalue weighted by Gasteiger charge is 2.39. The van der Waals surface area contributed by atoms with Crippen LogP contribution in [0.5, 0.6) is 0 Å². The molecule has 0 bridgehead atoms. The highest BCUT2D eigenvalue weighted by atomic mass is 79.9. The second-order valence-electron chi connectivity index (χ2n) is 8.68. The summed E-state index contributed by atoms with van der Waals surface area (Å²) >= 11 is 3.53. The Kier molecular flexibility index (Phi) is 4.86. The Balaban J connectivity index is 1.77. The summed E-state index contributed by atoms with van der Waals surface area (Å²) in [7, 11) is 0. The third-order valence-electron chi connectivity index (χ3n) is 5.33. The van der Waals surface area contributed by atoms with E-state index in [-0.39, 0.29) is 6.09 Å². The van der Waals surface area contributed by atoms with E-state index in [4.69, 9.17) is 9.72 Å². The number of carbonyl (C=O) groups is 1. The molecule has 1 aromatic heterocycles. The van der Waals surface area contributed by atoms with Crippen molar-refractivity contribution in [1.29, 1.82) is 0 Å². The van der Waals surface area contributed by atoms with Crippen molar-refractivity contribution >= 4 is 43.8 Å². The van der Waals surface area contributed by atoms with Gasteiger partial charge in [0.15, 0.2) is 0 Å². The van der Waals surface area contributed by atoms with E-state index in [9.17, 15) is 4.79 Å². The molecule has 1 fully saturated rings. The fourth-order valence-electron chi connectivity index (χ4n) is 4.07. The number of alkyl carbamates (subject to hydrolysis) is 1. The van der Waals surface area contributed by atoms with Gasteiger partial charge >= 0.3 is 6.09 Å². The molecule has 1 heterocycles. The third-order valence-corrected chi connectivity index (χ3v) is 5.82. The second kappa shape index (κ2) is 7.07. The highest BCUT2D eigenvalue weighted by Crippen LogP contribution is 2.38. The number of nitrogens with one attached hydrogen (secondary N) is 2. The van der Waals surface area contributed by atoms with E-state index in [2.05, 4.69) is 50.5 Å². The summed E-state index contributed by atoms with van der Waals surface area (Å²) in [6.45, 7) is 5.64. The number of nitrogens with zero attached hydrogens (tertiary/aromatic N) is 1. The van der Waals surface area contributed by atoms with Gasteiger partial charge in [0.1, 0.15) is 17.0 Å². The molecule has 0 saturated heterocycles. The molecule has 0 spiro atoms. The molecule has 6 heteroatoms. The molecule has 0 radical (unpaired) electrons. The first-order valence-corrected chi connectivity index (χ1v) is 10.6. The summed E-state index contributed by atoms with van der Waals surface area (Å²) in [6, 6.07) is 10.4. The van der Waals surface area contributed by atoms with Crippen LogP contribution in [-0.2, 0) is 10.3 Å². The maximum absolute atomic E-state index is 12.6. The Bertz CT molecular complexity index is 1030. The molecule has 5 nitrogen and oxygen atoms in total. The van der Waals surface area contributed by atoms with Crippen molar-refractivity contribution in [2.24, 2.45) is 0 Å². The second-order valence-corrected chi connectivity index (χ2v) is 9.60. The quantitative estimate of drug-likeness (QED) is 0.497. The molecule has 2 aromatic carbocycles. The van der Waals surface area contributed by atoms with Crippen molar-refractivity contribution in [3.63, 3.8) is 0 Å². The van der Waals surface area contributed by atoms with Gasteiger partial charge in [-0.25, -0.2) is 9.78 Å². The summed E-state index contributed by atoms with van der Waals surface area (Å²) < 4.78 is 6.59. The van der Waals surface area contributed by atoms with E-state index in [0.29, 0.717) is 0 Å². The fourth-order valence-corrected chi connectivity index (χ4v) is 4.45. The molecular formula is C22H26BrN3O2. The van der Waals surface area contributed by atoms with Crippen molar-refractivity contribution in [2.75, 3.05) is 0 Å². The zero-order chi connectivity index (χ0) is 19.9. The number of ether oxygens (including phenoxy) is 1. The van der Waals surface area contributed by atoms with Gasteiger partial charge in [-0.3, -0.25) is 0 Å². The summed E-state index contributed by atoms with van der Waals surface area (Å²) in [5.74, 6) is 0.823. The number of amides is 1. The van der Waals surface area contributed by atoms with E-state index in [1.165, 1.54) is 6.42 Å². The minimum Gasteiger partial charge on any atom is -0.444 e. The summed E-state index contributed by atoms with van der Waals surface area (Å²) in [4.78, 5) is 21.1. The number of hydrogen-bond donors (Lipinski definition) is 2. The molecule has 2 N–H and O–H groups in total. The number of imidazole rings is 1. The number of carbonyl (C=O) groups excluding carboxylic acids is 1. The van der Waals surface area contributed by atoms with Gasteiger partial charge in [0.2, 0.25) is 0 Å². The largest absolute Gasteiger partial charge is 0.444 e. The van der Waals surface area contributed by atoms with Gasteiger partial charge in [-0.15, -0.1) is 0 Å². The summed E-state index contributed by atoms with van der Waals surface area (Å²) in [5.41, 5.74) is 0.885. The summed E-state index contributed by atoms with van der Waals surface area (Å²) in [6.07, 6.45) is 4.62. The Morgan fingerprint density at radius 2 is 1.93 bits per heavy atom. The van der Waals surface area contributed by atoms with Gasteiger partial charge in [-0.2, -0.15) is 0 Å². The van der Waals surface area contributed by atoms with Gasteiger partial charge in [-0.1, -0.05) is 47.3 Å². The van der Waals surface area contributed by atoms with Gasteiger partial charge in [0, 0.05) is 9.86 Å². The number of benzene rings is 2. The molecular weight excluding hydrogens is 418 g/mol. The average molecular weight is 444 g/mol. The Morgan fingerprint density at radius 3 is 2.64 bits per heavy atom. The minimum absolute atomic E-state index is 0.386. The number of H-pyrrole nitrogens is 1. The van der Waals surface area contributed by atoms with E-state index in [1.54, 1.807) is 0 Å². The van der Waals surface area contributed by atoms with Crippen LogP contribution in [-0.4, -0.2) is 21.7 Å². The molecule has 4 rings (SSSR count). The van der Waals surface area contributed by atoms with Crippen molar-refractivity contribution in [3.05, 3.63) is 40.6 Å². The monoisotopic (exact) mass is 443 g/mol. The lowest BCUT2D eigenvalue weighted by molar-refractivity contribution is 0.0413. The van der Waals surface area contributed by atoms with E-state index in [1.807, 2.05) is 26.8 Å². The Hall–Kier alpha value is -2.08. The van der Waals surface area contributed by atoms with Crippen molar-refractivity contribution in [3.8, 4) is 0 Å². The maximum Gasteiger partial charge on any atom is 0.408 e. The van der Waals surface area contributed by atoms with Crippen molar-refractivity contribution < 1.29 is 9.53 Å². The first-order valence-electron chi connectivity index (χ1n) is 9.85. The molecule has 1 amide bonds. The van der Waals surface area contributed by atoms with Crippen molar-refractivity contribution in [1.82, 2.24) is 15.3 Å². The number of aromatic amines is 1. The number of halogens is 1. The molecule has 1 saturated carbocycles. The molecule has 148 valence electrons. The van der Waals surface area contributed by atoms with E-state index < -0.39 is 11.1 Å². The minimum atomic E-state index is -0.530. The molecule has 1 aliphatic carbocycles. The topological polar surface area (TPSA) is 67.0 Å². The molecule has 3 aromatic rings. The smallest absolute Gasteiger partial charge is 0.408 e. The molecule has 0 unspecified atom stereocenters. The molecule has 28 heavy (non-hydrogen) atoms. The van der Waals surface area contributed by atoms with E-state index >= 15 is 0 Å². The van der Waals surface area contributed by atoms with Crippen LogP contribution in [0.4, 0.5) is 4.79 Å². The van der Waals surface area contributed by atoms with Gasteiger partial charge < -0.3 is 15.0 Å². The maximum atomic E-state index is 12.6. The fraction of sp³-hybridized carbons (Fsp3) is 0.455. The molecule has 0 atom stereocenters. The highest BCUT2D eigenvalue weighted by molar-refractivity contribution is 9.10.